The normalized spacial score (nSPS) is 11.9. The largest absolute Gasteiger partial charge is 0.493 e. The number of aromatic nitrogens is 1. The number of nitrogens with zero attached hydrogens (tertiary/aromatic N) is 1. The van der Waals surface area contributed by atoms with Crippen molar-refractivity contribution in [1.82, 2.24) is 10.5 Å². The van der Waals surface area contributed by atoms with Gasteiger partial charge in [-0.15, -0.1) is 11.8 Å². The molecule has 0 saturated carbocycles. The van der Waals surface area contributed by atoms with Gasteiger partial charge in [-0.2, -0.15) is 0 Å². The van der Waals surface area contributed by atoms with Gasteiger partial charge in [-0.05, 0) is 57.5 Å². The van der Waals surface area contributed by atoms with Crippen LogP contribution < -0.4 is 14.8 Å². The molecule has 0 spiro atoms. The highest BCUT2D eigenvalue weighted by Crippen LogP contribution is 2.32. The summed E-state index contributed by atoms with van der Waals surface area (Å²) in [6.45, 7) is 7.77. The van der Waals surface area contributed by atoms with Crippen molar-refractivity contribution in [2.45, 2.75) is 50.5 Å². The third-order valence-corrected chi connectivity index (χ3v) is 5.67. The number of thioether (sulfide) groups is 1. The average Bonchev–Trinajstić information content (AvgIpc) is 3.17. The van der Waals surface area contributed by atoms with Crippen LogP contribution in [0.2, 0.25) is 0 Å². The molecule has 0 bridgehead atoms. The number of carbonyl (C=O) groups excluding carboxylic acids is 1. The summed E-state index contributed by atoms with van der Waals surface area (Å²) in [5, 5.41) is 6.99. The molecule has 0 aliphatic heterocycles. The fourth-order valence-electron chi connectivity index (χ4n) is 3.08. The Morgan fingerprint density at radius 3 is 2.58 bits per heavy atom. The van der Waals surface area contributed by atoms with Gasteiger partial charge in [0, 0.05) is 11.0 Å². The van der Waals surface area contributed by atoms with Gasteiger partial charge in [0.1, 0.15) is 5.76 Å². The van der Waals surface area contributed by atoms with Crippen LogP contribution in [0.1, 0.15) is 54.2 Å². The molecule has 2 aromatic carbocycles. The molecule has 6 nitrogen and oxygen atoms in total. The summed E-state index contributed by atoms with van der Waals surface area (Å²) in [6.07, 6.45) is 0.0479. The molecule has 0 fully saturated rings. The second-order valence-electron chi connectivity index (χ2n) is 7.49. The van der Waals surface area contributed by atoms with E-state index in [0.717, 1.165) is 21.9 Å². The van der Waals surface area contributed by atoms with Crippen molar-refractivity contribution in [3.8, 4) is 11.5 Å². The maximum absolute atomic E-state index is 13.0. The zero-order chi connectivity index (χ0) is 22.4. The number of amides is 1. The Morgan fingerprint density at radius 1 is 1.13 bits per heavy atom. The molecule has 3 rings (SSSR count). The predicted molar refractivity (Wildman–Crippen MR) is 122 cm³/mol. The summed E-state index contributed by atoms with van der Waals surface area (Å²) in [5.41, 5.74) is 2.40. The number of hydrogen-bond donors (Lipinski definition) is 1. The van der Waals surface area contributed by atoms with Gasteiger partial charge < -0.3 is 19.3 Å². The highest BCUT2D eigenvalue weighted by molar-refractivity contribution is 7.98. The summed E-state index contributed by atoms with van der Waals surface area (Å²) in [4.78, 5) is 13.9. The van der Waals surface area contributed by atoms with Gasteiger partial charge in [0.05, 0.1) is 36.3 Å². The zero-order valence-corrected chi connectivity index (χ0v) is 19.3. The lowest BCUT2D eigenvalue weighted by atomic mass is 10.1. The van der Waals surface area contributed by atoms with Gasteiger partial charge in [0.15, 0.2) is 11.5 Å². The maximum atomic E-state index is 13.0. The van der Waals surface area contributed by atoms with Crippen molar-refractivity contribution >= 4 is 17.7 Å². The molecule has 1 atom stereocenters. The molecule has 1 heterocycles. The molecule has 0 aliphatic carbocycles. The van der Waals surface area contributed by atoms with Gasteiger partial charge in [-0.1, -0.05) is 23.4 Å². The van der Waals surface area contributed by atoms with E-state index >= 15 is 0 Å². The van der Waals surface area contributed by atoms with Crippen molar-refractivity contribution in [2.75, 3.05) is 7.11 Å². The molecule has 1 aromatic heterocycles. The second kappa shape index (κ2) is 10.4. The quantitative estimate of drug-likeness (QED) is 0.439. The molecular weight excluding hydrogens is 412 g/mol. The number of aryl methyl sites for hydroxylation is 1. The first-order valence-electron chi connectivity index (χ1n) is 10.2. The summed E-state index contributed by atoms with van der Waals surface area (Å²) in [6, 6.07) is 15.0. The van der Waals surface area contributed by atoms with Gasteiger partial charge in [-0.3, -0.25) is 4.79 Å². The number of benzene rings is 2. The Morgan fingerprint density at radius 2 is 1.90 bits per heavy atom. The zero-order valence-electron chi connectivity index (χ0n) is 18.5. The summed E-state index contributed by atoms with van der Waals surface area (Å²) in [5.74, 6) is 2.58. The second-order valence-corrected chi connectivity index (χ2v) is 8.51. The third-order valence-electron chi connectivity index (χ3n) is 4.58. The SMILES string of the molecule is COc1cc(C(C)NC(=O)c2ccccc2SCc2cc(C)no2)ccc1OC(C)C. The Labute approximate surface area is 187 Å². The van der Waals surface area contributed by atoms with Crippen LogP contribution in [0.4, 0.5) is 0 Å². The van der Waals surface area contributed by atoms with Crippen LogP contribution in [0.5, 0.6) is 11.5 Å². The fourth-order valence-corrected chi connectivity index (χ4v) is 4.00. The predicted octanol–water partition coefficient (Wildman–Crippen LogP) is 5.56. The van der Waals surface area contributed by atoms with Crippen molar-refractivity contribution < 1.29 is 18.8 Å². The van der Waals surface area contributed by atoms with Gasteiger partial charge in [-0.25, -0.2) is 0 Å². The van der Waals surface area contributed by atoms with E-state index < -0.39 is 0 Å². The Hall–Kier alpha value is -2.93. The Balaban J connectivity index is 1.71. The molecule has 7 heteroatoms. The number of rotatable bonds is 9. The lowest BCUT2D eigenvalue weighted by molar-refractivity contribution is 0.0937. The third kappa shape index (κ3) is 6.04. The minimum Gasteiger partial charge on any atom is -0.493 e. The van der Waals surface area contributed by atoms with Crippen molar-refractivity contribution in [3.63, 3.8) is 0 Å². The molecule has 3 aromatic rings. The highest BCUT2D eigenvalue weighted by Gasteiger charge is 2.17. The summed E-state index contributed by atoms with van der Waals surface area (Å²) >= 11 is 1.55. The summed E-state index contributed by atoms with van der Waals surface area (Å²) in [7, 11) is 1.61. The monoisotopic (exact) mass is 440 g/mol. The lowest BCUT2D eigenvalue weighted by Gasteiger charge is -2.19. The lowest BCUT2D eigenvalue weighted by Crippen LogP contribution is -2.27. The topological polar surface area (TPSA) is 73.6 Å². The van der Waals surface area contributed by atoms with E-state index in [2.05, 4.69) is 10.5 Å². The van der Waals surface area contributed by atoms with Crippen LogP contribution in [0.3, 0.4) is 0 Å². The molecule has 164 valence electrons. The van der Waals surface area contributed by atoms with E-state index in [4.69, 9.17) is 14.0 Å². The van der Waals surface area contributed by atoms with Crippen molar-refractivity contribution in [3.05, 3.63) is 71.1 Å². The van der Waals surface area contributed by atoms with E-state index in [-0.39, 0.29) is 18.1 Å². The smallest absolute Gasteiger partial charge is 0.252 e. The molecule has 31 heavy (non-hydrogen) atoms. The van der Waals surface area contributed by atoms with Crippen LogP contribution in [-0.2, 0) is 5.75 Å². The van der Waals surface area contributed by atoms with Crippen LogP contribution >= 0.6 is 11.8 Å². The number of methoxy groups -OCH3 is 1. The van der Waals surface area contributed by atoms with Crippen LogP contribution in [0.25, 0.3) is 0 Å². The fraction of sp³-hybridized carbons (Fsp3) is 0.333. The van der Waals surface area contributed by atoms with E-state index in [9.17, 15) is 4.79 Å². The number of nitrogens with one attached hydrogen (secondary N) is 1. The van der Waals surface area contributed by atoms with E-state index in [0.29, 0.717) is 22.8 Å². The van der Waals surface area contributed by atoms with Gasteiger partial charge in [0.2, 0.25) is 0 Å². The van der Waals surface area contributed by atoms with Gasteiger partial charge in [0.25, 0.3) is 5.91 Å². The summed E-state index contributed by atoms with van der Waals surface area (Å²) < 4.78 is 16.5. The number of carbonyl (C=O) groups is 1. The Kier molecular flexibility index (Phi) is 7.63. The minimum atomic E-state index is -0.204. The van der Waals surface area contributed by atoms with Gasteiger partial charge >= 0.3 is 0 Å². The Bertz CT molecular complexity index is 1030. The first kappa shape index (κ1) is 22.7. The molecule has 0 aliphatic rings. The van der Waals surface area contributed by atoms with Crippen LogP contribution in [-0.4, -0.2) is 24.3 Å². The first-order chi connectivity index (χ1) is 14.9. The molecule has 0 saturated heterocycles. The van der Waals surface area contributed by atoms with E-state index in [1.807, 2.05) is 76.2 Å². The highest BCUT2D eigenvalue weighted by atomic mass is 32.2. The van der Waals surface area contributed by atoms with Crippen molar-refractivity contribution in [1.29, 1.82) is 0 Å². The first-order valence-corrected chi connectivity index (χ1v) is 11.2. The standard InChI is InChI=1S/C24H28N2O4S/c1-15(2)29-21-11-10-18(13-22(21)28-5)17(4)25-24(27)20-8-6-7-9-23(20)31-14-19-12-16(3)26-30-19/h6-13,15,17H,14H2,1-5H3,(H,25,27). The van der Waals surface area contributed by atoms with E-state index in [1.54, 1.807) is 18.9 Å². The molecule has 1 N–H and O–H groups in total. The minimum absolute atomic E-state index is 0.0479. The number of ether oxygens (including phenoxy) is 2. The molecule has 1 unspecified atom stereocenters. The molecular formula is C24H28N2O4S. The average molecular weight is 441 g/mol. The van der Waals surface area contributed by atoms with Crippen molar-refractivity contribution in [2.24, 2.45) is 0 Å². The maximum Gasteiger partial charge on any atom is 0.252 e. The number of hydrogen-bond acceptors (Lipinski definition) is 6. The van der Waals surface area contributed by atoms with E-state index in [1.165, 1.54) is 0 Å². The van der Waals surface area contributed by atoms with Crippen LogP contribution in [0.15, 0.2) is 57.9 Å². The van der Waals surface area contributed by atoms with Crippen LogP contribution in [0, 0.1) is 6.92 Å². The molecule has 0 radical (unpaired) electrons. The molecule has 1 amide bonds.